The van der Waals surface area contributed by atoms with Gasteiger partial charge in [0.2, 0.25) is 0 Å². The Morgan fingerprint density at radius 3 is 2.76 bits per heavy atom. The highest BCUT2D eigenvalue weighted by Crippen LogP contribution is 2.27. The normalized spacial score (nSPS) is 11.1. The Morgan fingerprint density at radius 1 is 1.32 bits per heavy atom. The van der Waals surface area contributed by atoms with Crippen molar-refractivity contribution in [1.82, 2.24) is 5.43 Å². The zero-order chi connectivity index (χ0) is 18.4. The number of ether oxygens (including phenoxy) is 1. The molecule has 0 bridgehead atoms. The summed E-state index contributed by atoms with van der Waals surface area (Å²) >= 11 is 3.22. The van der Waals surface area contributed by atoms with Crippen molar-refractivity contribution in [2.24, 2.45) is 5.10 Å². The molecule has 1 amide bonds. The van der Waals surface area contributed by atoms with E-state index < -0.39 is 0 Å². The van der Waals surface area contributed by atoms with Crippen LogP contribution in [-0.2, 0) is 4.79 Å². The molecule has 2 aromatic rings. The van der Waals surface area contributed by atoms with Crippen molar-refractivity contribution >= 4 is 28.1 Å². The van der Waals surface area contributed by atoms with Gasteiger partial charge in [-0.2, -0.15) is 5.10 Å². The molecule has 6 heteroatoms. The Morgan fingerprint density at radius 2 is 2.08 bits per heavy atom. The van der Waals surface area contributed by atoms with Crippen molar-refractivity contribution in [3.8, 4) is 11.5 Å². The van der Waals surface area contributed by atoms with Crippen LogP contribution in [0.5, 0.6) is 11.5 Å². The maximum Gasteiger partial charge on any atom is 0.277 e. The van der Waals surface area contributed by atoms with Gasteiger partial charge in [0.25, 0.3) is 5.91 Å². The zero-order valence-corrected chi connectivity index (χ0v) is 16.0. The molecule has 0 aliphatic rings. The van der Waals surface area contributed by atoms with Gasteiger partial charge in [-0.25, -0.2) is 5.43 Å². The minimum absolute atomic E-state index is 0.111. The van der Waals surface area contributed by atoms with E-state index in [1.54, 1.807) is 18.2 Å². The number of aromatic hydroxyl groups is 1. The van der Waals surface area contributed by atoms with E-state index in [1.807, 2.05) is 25.1 Å². The number of benzene rings is 2. The summed E-state index contributed by atoms with van der Waals surface area (Å²) in [7, 11) is 0. The Hall–Kier alpha value is -2.34. The minimum atomic E-state index is -0.342. The molecule has 0 saturated carbocycles. The molecule has 0 aromatic heterocycles. The number of hydrazone groups is 1. The van der Waals surface area contributed by atoms with E-state index >= 15 is 0 Å². The Bertz CT molecular complexity index is 788. The molecule has 2 rings (SSSR count). The van der Waals surface area contributed by atoms with Crippen LogP contribution in [0.15, 0.2) is 46.0 Å². The molecule has 0 fully saturated rings. The zero-order valence-electron chi connectivity index (χ0n) is 14.4. The fourth-order valence-corrected chi connectivity index (χ4v) is 2.60. The Kier molecular flexibility index (Phi) is 6.58. The number of halogens is 1. The molecule has 2 aromatic carbocycles. The molecule has 132 valence electrons. The molecule has 2 N–H and O–H groups in total. The monoisotopic (exact) mass is 404 g/mol. The molecule has 0 aliphatic carbocycles. The number of phenolic OH excluding ortho intramolecular Hbond substituents is 1. The van der Waals surface area contributed by atoms with Gasteiger partial charge in [-0.3, -0.25) is 4.79 Å². The SMILES string of the molecule is Cc1ccc(C(C)C)c(OCC(=O)N/N=C/c2ccc(O)c(Br)c2)c1. The van der Waals surface area contributed by atoms with E-state index in [4.69, 9.17) is 4.74 Å². The largest absolute Gasteiger partial charge is 0.507 e. The molecular formula is C19H21BrN2O3. The van der Waals surface area contributed by atoms with E-state index in [0.29, 0.717) is 10.4 Å². The second kappa shape index (κ2) is 8.67. The third-order valence-corrected chi connectivity index (χ3v) is 4.16. The van der Waals surface area contributed by atoms with Gasteiger partial charge in [0, 0.05) is 0 Å². The number of nitrogens with one attached hydrogen (secondary N) is 1. The van der Waals surface area contributed by atoms with Gasteiger partial charge in [-0.15, -0.1) is 0 Å². The average Bonchev–Trinajstić information content (AvgIpc) is 2.56. The summed E-state index contributed by atoms with van der Waals surface area (Å²) in [5.74, 6) is 0.834. The molecule has 25 heavy (non-hydrogen) atoms. The van der Waals surface area contributed by atoms with Gasteiger partial charge in [0.1, 0.15) is 11.5 Å². The fourth-order valence-electron chi connectivity index (χ4n) is 2.20. The summed E-state index contributed by atoms with van der Waals surface area (Å²) in [6, 6.07) is 10.9. The van der Waals surface area contributed by atoms with Gasteiger partial charge >= 0.3 is 0 Å². The fraction of sp³-hybridized carbons (Fsp3) is 0.263. The number of hydrogen-bond acceptors (Lipinski definition) is 4. The van der Waals surface area contributed by atoms with Crippen LogP contribution in [0.3, 0.4) is 0 Å². The summed E-state index contributed by atoms with van der Waals surface area (Å²) in [4.78, 5) is 11.9. The number of nitrogens with zero attached hydrogens (tertiary/aromatic N) is 1. The molecule has 5 nitrogen and oxygen atoms in total. The predicted octanol–water partition coefficient (Wildman–Crippen LogP) is 4.12. The highest BCUT2D eigenvalue weighted by molar-refractivity contribution is 9.10. The average molecular weight is 405 g/mol. The highest BCUT2D eigenvalue weighted by Gasteiger charge is 2.10. The molecule has 0 radical (unpaired) electrons. The van der Waals surface area contributed by atoms with Crippen LogP contribution in [0.4, 0.5) is 0 Å². The van der Waals surface area contributed by atoms with Crippen LogP contribution in [-0.4, -0.2) is 23.8 Å². The summed E-state index contributed by atoms with van der Waals surface area (Å²) in [5.41, 5.74) is 5.31. The van der Waals surface area contributed by atoms with Crippen molar-refractivity contribution in [3.05, 3.63) is 57.6 Å². The van der Waals surface area contributed by atoms with Crippen molar-refractivity contribution in [2.45, 2.75) is 26.7 Å². The first-order valence-electron chi connectivity index (χ1n) is 7.90. The molecular weight excluding hydrogens is 384 g/mol. The molecule has 0 heterocycles. The van der Waals surface area contributed by atoms with E-state index in [2.05, 4.69) is 40.3 Å². The van der Waals surface area contributed by atoms with Gasteiger partial charge in [0.05, 0.1) is 10.7 Å². The smallest absolute Gasteiger partial charge is 0.277 e. The van der Waals surface area contributed by atoms with Crippen LogP contribution < -0.4 is 10.2 Å². The number of hydrogen-bond donors (Lipinski definition) is 2. The summed E-state index contributed by atoms with van der Waals surface area (Å²) in [5, 5.41) is 13.3. The highest BCUT2D eigenvalue weighted by atomic mass is 79.9. The second-order valence-electron chi connectivity index (χ2n) is 5.99. The Balaban J connectivity index is 1.92. The third kappa shape index (κ3) is 5.60. The van der Waals surface area contributed by atoms with Crippen LogP contribution in [0, 0.1) is 6.92 Å². The quantitative estimate of drug-likeness (QED) is 0.561. The van der Waals surface area contributed by atoms with Crippen molar-refractivity contribution < 1.29 is 14.6 Å². The topological polar surface area (TPSA) is 70.9 Å². The molecule has 0 atom stereocenters. The van der Waals surface area contributed by atoms with E-state index in [9.17, 15) is 9.90 Å². The van der Waals surface area contributed by atoms with Gasteiger partial charge in [-0.05, 0) is 69.7 Å². The molecule has 0 unspecified atom stereocenters. The summed E-state index contributed by atoms with van der Waals surface area (Å²) in [6.45, 7) is 6.03. The first kappa shape index (κ1) is 19.0. The number of carbonyl (C=O) groups excluding carboxylic acids is 1. The van der Waals surface area contributed by atoms with Crippen molar-refractivity contribution in [2.75, 3.05) is 6.61 Å². The molecule has 0 spiro atoms. The lowest BCUT2D eigenvalue weighted by molar-refractivity contribution is -0.123. The molecule has 0 saturated heterocycles. The summed E-state index contributed by atoms with van der Waals surface area (Å²) in [6.07, 6.45) is 1.49. The van der Waals surface area contributed by atoms with Gasteiger partial charge in [0.15, 0.2) is 6.61 Å². The molecule has 0 aliphatic heterocycles. The van der Waals surface area contributed by atoms with E-state index in [-0.39, 0.29) is 18.3 Å². The van der Waals surface area contributed by atoms with E-state index in [1.165, 1.54) is 6.21 Å². The van der Waals surface area contributed by atoms with E-state index in [0.717, 1.165) is 22.4 Å². The Labute approximate surface area is 155 Å². The number of amides is 1. The van der Waals surface area contributed by atoms with Crippen LogP contribution in [0.2, 0.25) is 0 Å². The number of phenols is 1. The standard InChI is InChI=1S/C19H21BrN2O3/c1-12(2)15-6-4-13(3)8-18(15)25-11-19(24)22-21-10-14-5-7-17(23)16(20)9-14/h4-10,12,23H,11H2,1-3H3,(H,22,24)/b21-10+. The maximum atomic E-state index is 11.9. The first-order valence-corrected chi connectivity index (χ1v) is 8.70. The third-order valence-electron chi connectivity index (χ3n) is 3.52. The van der Waals surface area contributed by atoms with Crippen LogP contribution >= 0.6 is 15.9 Å². The summed E-state index contributed by atoms with van der Waals surface area (Å²) < 4.78 is 6.21. The number of aryl methyl sites for hydroxylation is 1. The lowest BCUT2D eigenvalue weighted by atomic mass is 10.0. The number of carbonyl (C=O) groups is 1. The lowest BCUT2D eigenvalue weighted by Gasteiger charge is -2.14. The van der Waals surface area contributed by atoms with Crippen LogP contribution in [0.1, 0.15) is 36.5 Å². The lowest BCUT2D eigenvalue weighted by Crippen LogP contribution is -2.25. The van der Waals surface area contributed by atoms with Crippen LogP contribution in [0.25, 0.3) is 0 Å². The van der Waals surface area contributed by atoms with Gasteiger partial charge < -0.3 is 9.84 Å². The van der Waals surface area contributed by atoms with Crippen molar-refractivity contribution in [3.63, 3.8) is 0 Å². The first-order chi connectivity index (χ1) is 11.9. The van der Waals surface area contributed by atoms with Gasteiger partial charge in [-0.1, -0.05) is 26.0 Å². The second-order valence-corrected chi connectivity index (χ2v) is 6.84. The minimum Gasteiger partial charge on any atom is -0.507 e. The van der Waals surface area contributed by atoms with Crippen molar-refractivity contribution in [1.29, 1.82) is 0 Å². The predicted molar refractivity (Wildman–Crippen MR) is 102 cm³/mol. The maximum absolute atomic E-state index is 11.9. The number of rotatable bonds is 6.